The summed E-state index contributed by atoms with van der Waals surface area (Å²) in [4.78, 5) is 22.4. The highest BCUT2D eigenvalue weighted by Gasteiger charge is 2.05. The first-order valence-corrected chi connectivity index (χ1v) is 6.79. The van der Waals surface area contributed by atoms with Crippen LogP contribution in [-0.2, 0) is 16.1 Å². The summed E-state index contributed by atoms with van der Waals surface area (Å²) in [6.07, 6.45) is -0.166. The van der Waals surface area contributed by atoms with Gasteiger partial charge in [0, 0.05) is 18.2 Å². The Hall–Kier alpha value is -2.04. The lowest BCUT2D eigenvalue weighted by molar-refractivity contribution is -0.117. The second-order valence-corrected chi connectivity index (χ2v) is 4.82. The molecule has 0 heterocycles. The fourth-order valence-corrected chi connectivity index (χ4v) is 1.53. The molecule has 0 aromatic heterocycles. The number of nitrogens with one attached hydrogen (secondary N) is 2. The quantitative estimate of drug-likeness (QED) is 0.804. The van der Waals surface area contributed by atoms with Gasteiger partial charge in [0.25, 0.3) is 0 Å². The van der Waals surface area contributed by atoms with Gasteiger partial charge in [-0.2, -0.15) is 0 Å². The second-order valence-electron chi connectivity index (χ2n) is 4.82. The van der Waals surface area contributed by atoms with E-state index in [4.69, 9.17) is 4.74 Å². The molecule has 0 bridgehead atoms. The molecule has 0 saturated heterocycles. The topological polar surface area (TPSA) is 67.4 Å². The van der Waals surface area contributed by atoms with Gasteiger partial charge in [-0.1, -0.05) is 19.1 Å². The summed E-state index contributed by atoms with van der Waals surface area (Å²) in [6, 6.07) is 8.05. The predicted molar refractivity (Wildman–Crippen MR) is 78.7 cm³/mol. The number of anilines is 1. The van der Waals surface area contributed by atoms with E-state index in [-0.39, 0.29) is 18.9 Å². The number of ether oxygens (including phenoxy) is 1. The molecule has 0 unspecified atom stereocenters. The van der Waals surface area contributed by atoms with E-state index in [1.807, 2.05) is 24.3 Å². The van der Waals surface area contributed by atoms with Crippen molar-refractivity contribution < 1.29 is 14.3 Å². The second kappa shape index (κ2) is 8.19. The predicted octanol–water partition coefficient (Wildman–Crippen LogP) is 2.71. The average molecular weight is 278 g/mol. The molecule has 0 atom stereocenters. The smallest absolute Gasteiger partial charge is 0.407 e. The average Bonchev–Trinajstić information content (AvgIpc) is 2.43. The molecule has 0 saturated carbocycles. The van der Waals surface area contributed by atoms with Crippen LogP contribution in [0.3, 0.4) is 0 Å². The Balaban J connectivity index is 2.34. The van der Waals surface area contributed by atoms with Crippen molar-refractivity contribution in [2.75, 3.05) is 11.9 Å². The SMILES string of the molecule is CCC(=O)CNC(=O)OCc1ccc(NC(C)C)cc1. The summed E-state index contributed by atoms with van der Waals surface area (Å²) < 4.78 is 5.02. The van der Waals surface area contributed by atoms with Crippen LogP contribution >= 0.6 is 0 Å². The summed E-state index contributed by atoms with van der Waals surface area (Å²) in [7, 11) is 0. The zero-order chi connectivity index (χ0) is 15.0. The van der Waals surface area contributed by atoms with Gasteiger partial charge < -0.3 is 15.4 Å². The first-order valence-electron chi connectivity index (χ1n) is 6.79. The summed E-state index contributed by atoms with van der Waals surface area (Å²) in [6.45, 7) is 6.10. The number of carbonyl (C=O) groups excluding carboxylic acids is 2. The lowest BCUT2D eigenvalue weighted by Crippen LogP contribution is -2.29. The van der Waals surface area contributed by atoms with E-state index < -0.39 is 6.09 Å². The Morgan fingerprint density at radius 3 is 2.40 bits per heavy atom. The molecule has 5 nitrogen and oxygen atoms in total. The number of ketones is 1. The molecule has 5 heteroatoms. The standard InChI is InChI=1S/C15H22N2O3/c1-4-14(18)9-16-15(19)20-10-12-5-7-13(8-6-12)17-11(2)3/h5-8,11,17H,4,9-10H2,1-3H3,(H,16,19). The maximum absolute atomic E-state index is 11.4. The third-order valence-electron chi connectivity index (χ3n) is 2.60. The Kier molecular flexibility index (Phi) is 6.56. The van der Waals surface area contributed by atoms with E-state index in [0.29, 0.717) is 12.5 Å². The fourth-order valence-electron chi connectivity index (χ4n) is 1.53. The van der Waals surface area contributed by atoms with E-state index >= 15 is 0 Å². The molecule has 0 radical (unpaired) electrons. The summed E-state index contributed by atoms with van der Waals surface area (Å²) >= 11 is 0. The minimum atomic E-state index is -0.573. The number of carbonyl (C=O) groups is 2. The Labute approximate surface area is 119 Å². The Morgan fingerprint density at radius 2 is 1.85 bits per heavy atom. The molecule has 110 valence electrons. The van der Waals surface area contributed by atoms with Gasteiger partial charge in [0.1, 0.15) is 6.61 Å². The van der Waals surface area contributed by atoms with Crippen molar-refractivity contribution in [3.8, 4) is 0 Å². The summed E-state index contributed by atoms with van der Waals surface area (Å²) in [5.41, 5.74) is 1.93. The lowest BCUT2D eigenvalue weighted by Gasteiger charge is -2.10. The number of alkyl carbamates (subject to hydrolysis) is 1. The highest BCUT2D eigenvalue weighted by Crippen LogP contribution is 2.11. The molecule has 0 spiro atoms. The van der Waals surface area contributed by atoms with Crippen LogP contribution < -0.4 is 10.6 Å². The van der Waals surface area contributed by atoms with Crippen molar-refractivity contribution in [3.63, 3.8) is 0 Å². The van der Waals surface area contributed by atoms with Gasteiger partial charge in [0.05, 0.1) is 6.54 Å². The molecule has 0 aliphatic rings. The van der Waals surface area contributed by atoms with Crippen LogP contribution in [0, 0.1) is 0 Å². The molecule has 1 rings (SSSR count). The maximum atomic E-state index is 11.4. The lowest BCUT2D eigenvalue weighted by atomic mass is 10.2. The summed E-state index contributed by atoms with van der Waals surface area (Å²) in [5.74, 6) is -0.0222. The van der Waals surface area contributed by atoms with E-state index in [1.54, 1.807) is 6.92 Å². The first kappa shape index (κ1) is 16.0. The fraction of sp³-hybridized carbons (Fsp3) is 0.467. The van der Waals surface area contributed by atoms with Crippen molar-refractivity contribution >= 4 is 17.6 Å². The van der Waals surface area contributed by atoms with Gasteiger partial charge in [0.15, 0.2) is 5.78 Å². The molecule has 0 aliphatic heterocycles. The number of hydrogen-bond donors (Lipinski definition) is 2. The molecule has 2 N–H and O–H groups in total. The zero-order valence-electron chi connectivity index (χ0n) is 12.2. The molecule has 1 aromatic carbocycles. The molecule has 20 heavy (non-hydrogen) atoms. The normalized spacial score (nSPS) is 10.2. The van der Waals surface area contributed by atoms with Crippen LogP contribution in [0.5, 0.6) is 0 Å². The van der Waals surface area contributed by atoms with E-state index in [0.717, 1.165) is 11.3 Å². The van der Waals surface area contributed by atoms with Gasteiger partial charge >= 0.3 is 6.09 Å². The van der Waals surface area contributed by atoms with E-state index in [2.05, 4.69) is 24.5 Å². The van der Waals surface area contributed by atoms with Crippen LogP contribution in [0.15, 0.2) is 24.3 Å². The minimum Gasteiger partial charge on any atom is -0.445 e. The Bertz CT molecular complexity index is 441. The summed E-state index contributed by atoms with van der Waals surface area (Å²) in [5, 5.41) is 5.70. The van der Waals surface area contributed by atoms with Crippen LogP contribution in [0.25, 0.3) is 0 Å². The Morgan fingerprint density at radius 1 is 1.20 bits per heavy atom. The van der Waals surface area contributed by atoms with Crippen LogP contribution in [0.4, 0.5) is 10.5 Å². The van der Waals surface area contributed by atoms with Crippen molar-refractivity contribution in [2.45, 2.75) is 39.8 Å². The highest BCUT2D eigenvalue weighted by atomic mass is 16.5. The van der Waals surface area contributed by atoms with Crippen molar-refractivity contribution in [3.05, 3.63) is 29.8 Å². The molecular formula is C15H22N2O3. The van der Waals surface area contributed by atoms with Gasteiger partial charge in [0.2, 0.25) is 0 Å². The van der Waals surface area contributed by atoms with Gasteiger partial charge in [-0.05, 0) is 31.5 Å². The van der Waals surface area contributed by atoms with E-state index in [9.17, 15) is 9.59 Å². The number of rotatable bonds is 7. The first-order chi connectivity index (χ1) is 9.51. The van der Waals surface area contributed by atoms with Gasteiger partial charge in [-0.15, -0.1) is 0 Å². The number of amides is 1. The van der Waals surface area contributed by atoms with E-state index in [1.165, 1.54) is 0 Å². The third kappa shape index (κ3) is 6.22. The number of hydrogen-bond acceptors (Lipinski definition) is 4. The van der Waals surface area contributed by atoms with Crippen molar-refractivity contribution in [2.24, 2.45) is 0 Å². The zero-order valence-corrected chi connectivity index (χ0v) is 12.2. The van der Waals surface area contributed by atoms with Crippen LogP contribution in [0.1, 0.15) is 32.8 Å². The van der Waals surface area contributed by atoms with Crippen LogP contribution in [0.2, 0.25) is 0 Å². The molecule has 0 aliphatic carbocycles. The van der Waals surface area contributed by atoms with Crippen molar-refractivity contribution in [1.82, 2.24) is 5.32 Å². The van der Waals surface area contributed by atoms with Gasteiger partial charge in [-0.25, -0.2) is 4.79 Å². The molecule has 1 amide bonds. The van der Waals surface area contributed by atoms with Gasteiger partial charge in [-0.3, -0.25) is 4.79 Å². The highest BCUT2D eigenvalue weighted by molar-refractivity contribution is 5.83. The number of benzene rings is 1. The van der Waals surface area contributed by atoms with Crippen LogP contribution in [-0.4, -0.2) is 24.5 Å². The maximum Gasteiger partial charge on any atom is 0.407 e. The third-order valence-corrected chi connectivity index (χ3v) is 2.60. The molecule has 0 fully saturated rings. The monoisotopic (exact) mass is 278 g/mol. The molecular weight excluding hydrogens is 256 g/mol. The molecule has 1 aromatic rings. The largest absolute Gasteiger partial charge is 0.445 e. The van der Waals surface area contributed by atoms with Crippen molar-refractivity contribution in [1.29, 1.82) is 0 Å². The minimum absolute atomic E-state index is 0.0204. The number of Topliss-reactive ketones (excluding diaryl/α,β-unsaturated/α-hetero) is 1.